The zero-order valence-corrected chi connectivity index (χ0v) is 14.0. The lowest BCUT2D eigenvalue weighted by molar-refractivity contribution is -0.116. The Kier molecular flexibility index (Phi) is 6.25. The summed E-state index contributed by atoms with van der Waals surface area (Å²) in [5, 5.41) is 5.31. The van der Waals surface area contributed by atoms with Gasteiger partial charge in [0.1, 0.15) is 5.60 Å². The van der Waals surface area contributed by atoms with Crippen molar-refractivity contribution in [1.82, 2.24) is 5.32 Å². The Labute approximate surface area is 132 Å². The van der Waals surface area contributed by atoms with Gasteiger partial charge in [0, 0.05) is 22.2 Å². The zero-order chi connectivity index (χ0) is 15.2. The molecule has 0 saturated carbocycles. The molecule has 0 atom stereocenters. The third-order valence-electron chi connectivity index (χ3n) is 2.13. The molecule has 20 heavy (non-hydrogen) atoms. The van der Waals surface area contributed by atoms with Crippen LogP contribution in [0.2, 0.25) is 0 Å². The number of carbonyl (C=O) groups is 2. The highest BCUT2D eigenvalue weighted by molar-refractivity contribution is 14.1. The fourth-order valence-electron chi connectivity index (χ4n) is 1.38. The molecule has 0 fully saturated rings. The van der Waals surface area contributed by atoms with Crippen molar-refractivity contribution in [1.29, 1.82) is 0 Å². The Balaban J connectivity index is 2.29. The molecule has 0 aromatic heterocycles. The van der Waals surface area contributed by atoms with Crippen LogP contribution in [0.15, 0.2) is 24.3 Å². The molecule has 0 radical (unpaired) electrons. The van der Waals surface area contributed by atoms with Crippen molar-refractivity contribution in [3.8, 4) is 0 Å². The topological polar surface area (TPSA) is 67.4 Å². The van der Waals surface area contributed by atoms with Crippen LogP contribution in [0.25, 0.3) is 0 Å². The highest BCUT2D eigenvalue weighted by atomic mass is 127. The maximum atomic E-state index is 11.7. The van der Waals surface area contributed by atoms with Crippen LogP contribution in [0.4, 0.5) is 10.5 Å². The number of benzene rings is 1. The van der Waals surface area contributed by atoms with Gasteiger partial charge in [0.2, 0.25) is 5.91 Å². The second kappa shape index (κ2) is 7.47. The lowest BCUT2D eigenvalue weighted by Gasteiger charge is -2.19. The summed E-state index contributed by atoms with van der Waals surface area (Å²) in [4.78, 5) is 23.1. The lowest BCUT2D eigenvalue weighted by Crippen LogP contribution is -2.34. The summed E-state index contributed by atoms with van der Waals surface area (Å²) in [6.45, 7) is 5.60. The van der Waals surface area contributed by atoms with Gasteiger partial charge in [0.05, 0.1) is 0 Å². The van der Waals surface area contributed by atoms with E-state index < -0.39 is 11.7 Å². The van der Waals surface area contributed by atoms with Crippen LogP contribution < -0.4 is 10.6 Å². The van der Waals surface area contributed by atoms with Crippen molar-refractivity contribution in [2.45, 2.75) is 32.8 Å². The first kappa shape index (κ1) is 16.7. The summed E-state index contributed by atoms with van der Waals surface area (Å²) in [6, 6.07) is 7.51. The number of hydrogen-bond donors (Lipinski definition) is 2. The molecule has 1 aromatic carbocycles. The van der Waals surface area contributed by atoms with Gasteiger partial charge in [0.25, 0.3) is 0 Å². The van der Waals surface area contributed by atoms with Crippen LogP contribution in [0, 0.1) is 3.57 Å². The number of carbonyl (C=O) groups excluding carboxylic acids is 2. The Morgan fingerprint density at radius 2 is 2.00 bits per heavy atom. The maximum Gasteiger partial charge on any atom is 0.407 e. The molecular formula is C14H19IN2O3. The molecule has 0 spiro atoms. The predicted octanol–water partition coefficient (Wildman–Crippen LogP) is 3.14. The van der Waals surface area contributed by atoms with Gasteiger partial charge >= 0.3 is 6.09 Å². The van der Waals surface area contributed by atoms with Crippen molar-refractivity contribution < 1.29 is 14.3 Å². The van der Waals surface area contributed by atoms with Gasteiger partial charge in [-0.05, 0) is 61.6 Å². The van der Waals surface area contributed by atoms with Gasteiger partial charge in [-0.15, -0.1) is 0 Å². The Hall–Kier alpha value is -1.31. The van der Waals surface area contributed by atoms with Crippen LogP contribution in [0.5, 0.6) is 0 Å². The molecule has 0 heterocycles. The van der Waals surface area contributed by atoms with E-state index >= 15 is 0 Å². The summed E-state index contributed by atoms with van der Waals surface area (Å²) in [5.41, 5.74) is 0.215. The van der Waals surface area contributed by atoms with E-state index in [1.165, 1.54) is 0 Å². The van der Waals surface area contributed by atoms with Crippen LogP contribution >= 0.6 is 22.6 Å². The van der Waals surface area contributed by atoms with E-state index in [0.29, 0.717) is 0 Å². The average Bonchev–Trinajstić information content (AvgIpc) is 2.26. The van der Waals surface area contributed by atoms with Gasteiger partial charge in [-0.2, -0.15) is 0 Å². The van der Waals surface area contributed by atoms with Crippen LogP contribution in [0.1, 0.15) is 27.2 Å². The smallest absolute Gasteiger partial charge is 0.407 e. The SMILES string of the molecule is CC(C)(C)OC(=O)NCCC(=O)Nc1cccc(I)c1. The van der Waals surface area contributed by atoms with Crippen molar-refractivity contribution >= 4 is 40.3 Å². The third-order valence-corrected chi connectivity index (χ3v) is 2.80. The first-order valence-electron chi connectivity index (χ1n) is 6.28. The number of amides is 2. The summed E-state index contributed by atoms with van der Waals surface area (Å²) in [7, 11) is 0. The second-order valence-corrected chi connectivity index (χ2v) is 6.48. The van der Waals surface area contributed by atoms with Gasteiger partial charge in [-0.25, -0.2) is 4.79 Å². The number of anilines is 1. The monoisotopic (exact) mass is 390 g/mol. The fourth-order valence-corrected chi connectivity index (χ4v) is 1.93. The van der Waals surface area contributed by atoms with Crippen molar-refractivity contribution in [2.75, 3.05) is 11.9 Å². The minimum Gasteiger partial charge on any atom is -0.444 e. The lowest BCUT2D eigenvalue weighted by atomic mass is 10.2. The fraction of sp³-hybridized carbons (Fsp3) is 0.429. The molecule has 2 amide bonds. The second-order valence-electron chi connectivity index (χ2n) is 5.24. The van der Waals surface area contributed by atoms with Crippen LogP contribution in [0.3, 0.4) is 0 Å². The van der Waals surface area contributed by atoms with Crippen molar-refractivity contribution in [3.63, 3.8) is 0 Å². The molecule has 110 valence electrons. The van der Waals surface area contributed by atoms with Crippen LogP contribution in [-0.4, -0.2) is 24.1 Å². The van der Waals surface area contributed by atoms with Gasteiger partial charge < -0.3 is 15.4 Å². The number of halogens is 1. The molecule has 0 aliphatic rings. The normalized spacial score (nSPS) is 10.8. The van der Waals surface area contributed by atoms with E-state index in [2.05, 4.69) is 33.2 Å². The van der Waals surface area contributed by atoms with E-state index in [0.717, 1.165) is 9.26 Å². The Morgan fingerprint density at radius 1 is 1.30 bits per heavy atom. The standard InChI is InChI=1S/C14H19IN2O3/c1-14(2,3)20-13(19)16-8-7-12(18)17-11-6-4-5-10(15)9-11/h4-6,9H,7-8H2,1-3H3,(H,16,19)(H,17,18). The predicted molar refractivity (Wildman–Crippen MR) is 86.6 cm³/mol. The number of alkyl carbamates (subject to hydrolysis) is 1. The van der Waals surface area contributed by atoms with E-state index in [9.17, 15) is 9.59 Å². The summed E-state index contributed by atoms with van der Waals surface area (Å²) in [5.74, 6) is -0.150. The quantitative estimate of drug-likeness (QED) is 0.777. The average molecular weight is 390 g/mol. The van der Waals surface area contributed by atoms with Gasteiger partial charge in [0.15, 0.2) is 0 Å². The highest BCUT2D eigenvalue weighted by Crippen LogP contribution is 2.12. The summed E-state index contributed by atoms with van der Waals surface area (Å²) < 4.78 is 6.12. The van der Waals surface area contributed by atoms with E-state index in [4.69, 9.17) is 4.74 Å². The Morgan fingerprint density at radius 3 is 2.60 bits per heavy atom. The first-order valence-corrected chi connectivity index (χ1v) is 7.36. The molecule has 1 aromatic rings. The number of ether oxygens (including phenoxy) is 1. The Bertz CT molecular complexity index is 484. The first-order chi connectivity index (χ1) is 9.26. The largest absolute Gasteiger partial charge is 0.444 e. The van der Waals surface area contributed by atoms with Gasteiger partial charge in [-0.1, -0.05) is 6.07 Å². The number of nitrogens with one attached hydrogen (secondary N) is 2. The molecule has 5 nitrogen and oxygen atoms in total. The maximum absolute atomic E-state index is 11.7. The minimum absolute atomic E-state index is 0.150. The number of rotatable bonds is 4. The highest BCUT2D eigenvalue weighted by Gasteiger charge is 2.15. The molecule has 1 rings (SSSR count). The van der Waals surface area contributed by atoms with Crippen molar-refractivity contribution in [2.24, 2.45) is 0 Å². The van der Waals surface area contributed by atoms with Gasteiger partial charge in [-0.3, -0.25) is 4.79 Å². The molecule has 2 N–H and O–H groups in total. The molecule has 0 bridgehead atoms. The van der Waals surface area contributed by atoms with Crippen LogP contribution in [-0.2, 0) is 9.53 Å². The van der Waals surface area contributed by atoms with E-state index in [-0.39, 0.29) is 18.9 Å². The number of hydrogen-bond acceptors (Lipinski definition) is 3. The molecular weight excluding hydrogens is 371 g/mol. The summed E-state index contributed by atoms with van der Waals surface area (Å²) >= 11 is 2.18. The van der Waals surface area contributed by atoms with E-state index in [1.54, 1.807) is 20.8 Å². The van der Waals surface area contributed by atoms with Crippen molar-refractivity contribution in [3.05, 3.63) is 27.8 Å². The molecule has 6 heteroatoms. The third kappa shape index (κ3) is 7.32. The molecule has 0 saturated heterocycles. The molecule has 0 aliphatic heterocycles. The minimum atomic E-state index is -0.535. The summed E-state index contributed by atoms with van der Waals surface area (Å²) in [6.07, 6.45) is -0.315. The zero-order valence-electron chi connectivity index (χ0n) is 11.8. The molecule has 0 aliphatic carbocycles. The molecule has 0 unspecified atom stereocenters. The van der Waals surface area contributed by atoms with E-state index in [1.807, 2.05) is 24.3 Å².